The van der Waals surface area contributed by atoms with Gasteiger partial charge in [0, 0.05) is 22.5 Å². The fraction of sp³-hybridized carbons (Fsp3) is 0.448. The maximum absolute atomic E-state index is 13.4. The molecule has 1 aromatic heterocycles. The van der Waals surface area contributed by atoms with Crippen molar-refractivity contribution in [2.24, 2.45) is 10.8 Å². The number of carbonyl (C=O) groups is 1. The van der Waals surface area contributed by atoms with Gasteiger partial charge in [-0.05, 0) is 73.6 Å². The van der Waals surface area contributed by atoms with Crippen molar-refractivity contribution in [2.75, 3.05) is 0 Å². The molecule has 3 saturated carbocycles. The monoisotopic (exact) mass is 489 g/mol. The van der Waals surface area contributed by atoms with Gasteiger partial charge in [0.2, 0.25) is 5.91 Å². The highest BCUT2D eigenvalue weighted by molar-refractivity contribution is 6.30. The van der Waals surface area contributed by atoms with Crippen molar-refractivity contribution in [1.29, 1.82) is 0 Å². The number of aliphatic hydroxyl groups is 1. The van der Waals surface area contributed by atoms with Crippen LogP contribution in [0.5, 0.6) is 0 Å². The van der Waals surface area contributed by atoms with Crippen LogP contribution in [0.25, 0.3) is 11.3 Å². The number of hydrogen-bond acceptors (Lipinski definition) is 3. The number of carbonyl (C=O) groups excluding carboxylic acids is 1. The third-order valence-corrected chi connectivity index (χ3v) is 9.38. The standard InChI is InChI=1S/C29H32ClN3O2/c30-21-8-6-20(7-9-21)17-32-27(35)29-11-3-10-28(12-14-29,13-15-29)26(34)16-24-22-4-1-2-5-23(22)25-18-31-19-33(24)25/h1-2,4-9,18-19,24,26,34H,3,10-17H2,(H,32,35). The summed E-state index contributed by atoms with van der Waals surface area (Å²) in [7, 11) is 0. The molecule has 4 aliphatic rings. The van der Waals surface area contributed by atoms with Gasteiger partial charge in [-0.3, -0.25) is 4.79 Å². The van der Waals surface area contributed by atoms with Gasteiger partial charge in [-0.25, -0.2) is 4.98 Å². The quantitative estimate of drug-likeness (QED) is 0.452. The first kappa shape index (κ1) is 22.8. The molecule has 6 heteroatoms. The van der Waals surface area contributed by atoms with Crippen LogP contribution < -0.4 is 5.32 Å². The predicted molar refractivity (Wildman–Crippen MR) is 137 cm³/mol. The summed E-state index contributed by atoms with van der Waals surface area (Å²) >= 11 is 5.99. The molecule has 5 nitrogen and oxygen atoms in total. The number of aromatic nitrogens is 2. The van der Waals surface area contributed by atoms with Gasteiger partial charge in [-0.1, -0.05) is 54.4 Å². The molecule has 2 atom stereocenters. The maximum Gasteiger partial charge on any atom is 0.226 e. The minimum absolute atomic E-state index is 0.102. The van der Waals surface area contributed by atoms with Crippen LogP contribution in [0.3, 0.4) is 0 Å². The summed E-state index contributed by atoms with van der Waals surface area (Å²) in [6, 6.07) is 16.2. The Labute approximate surface area is 211 Å². The summed E-state index contributed by atoms with van der Waals surface area (Å²) in [6.45, 7) is 0.528. The number of fused-ring (bicyclic) bond motifs is 7. The van der Waals surface area contributed by atoms with Gasteiger partial charge in [-0.15, -0.1) is 0 Å². The molecule has 2 unspecified atom stereocenters. The van der Waals surface area contributed by atoms with Crippen LogP contribution in [0, 0.1) is 10.8 Å². The van der Waals surface area contributed by atoms with E-state index in [0.717, 1.165) is 56.2 Å². The summed E-state index contributed by atoms with van der Waals surface area (Å²) < 4.78 is 2.22. The van der Waals surface area contributed by atoms with Crippen LogP contribution in [-0.2, 0) is 11.3 Å². The first-order valence-electron chi connectivity index (χ1n) is 12.8. The highest BCUT2D eigenvalue weighted by Gasteiger charge is 2.52. The first-order chi connectivity index (χ1) is 17.0. The van der Waals surface area contributed by atoms with E-state index < -0.39 is 6.10 Å². The van der Waals surface area contributed by atoms with Crippen molar-refractivity contribution >= 4 is 17.5 Å². The second-order valence-corrected chi connectivity index (χ2v) is 11.3. The Bertz CT molecular complexity index is 1230. The Kier molecular flexibility index (Phi) is 5.73. The number of halogens is 1. The zero-order chi connectivity index (χ0) is 24.0. The van der Waals surface area contributed by atoms with Crippen molar-refractivity contribution in [3.05, 3.63) is 77.2 Å². The van der Waals surface area contributed by atoms with Crippen LogP contribution in [0.2, 0.25) is 5.02 Å². The van der Waals surface area contributed by atoms with E-state index in [2.05, 4.69) is 39.1 Å². The van der Waals surface area contributed by atoms with Gasteiger partial charge in [0.25, 0.3) is 0 Å². The normalized spacial score (nSPS) is 27.7. The number of nitrogens with zero attached hydrogens (tertiary/aromatic N) is 2. The lowest BCUT2D eigenvalue weighted by Gasteiger charge is -2.45. The minimum atomic E-state index is -0.401. The highest BCUT2D eigenvalue weighted by Crippen LogP contribution is 2.57. The average Bonchev–Trinajstić information content (AvgIpc) is 3.34. The Morgan fingerprint density at radius 3 is 2.66 bits per heavy atom. The topological polar surface area (TPSA) is 67.2 Å². The molecule has 3 aromatic rings. The zero-order valence-corrected chi connectivity index (χ0v) is 20.7. The van der Waals surface area contributed by atoms with Gasteiger partial charge in [0.05, 0.1) is 30.4 Å². The van der Waals surface area contributed by atoms with Crippen molar-refractivity contribution in [1.82, 2.24) is 14.9 Å². The maximum atomic E-state index is 13.4. The van der Waals surface area contributed by atoms with Crippen molar-refractivity contribution in [2.45, 2.75) is 70.1 Å². The van der Waals surface area contributed by atoms with E-state index in [4.69, 9.17) is 11.6 Å². The molecule has 0 saturated heterocycles. The van der Waals surface area contributed by atoms with Crippen LogP contribution in [0.4, 0.5) is 0 Å². The summed E-state index contributed by atoms with van der Waals surface area (Å²) in [6.07, 6.45) is 10.5. The minimum Gasteiger partial charge on any atom is -0.392 e. The van der Waals surface area contributed by atoms with Gasteiger partial charge >= 0.3 is 0 Å². The highest BCUT2D eigenvalue weighted by atomic mass is 35.5. The third kappa shape index (κ3) is 3.89. The summed E-state index contributed by atoms with van der Waals surface area (Å²) in [5.74, 6) is 0.171. The van der Waals surface area contributed by atoms with E-state index in [1.54, 1.807) is 0 Å². The summed E-state index contributed by atoms with van der Waals surface area (Å²) in [5.41, 5.74) is 4.29. The number of nitrogens with one attached hydrogen (secondary N) is 1. The molecule has 3 fully saturated rings. The van der Waals surface area contributed by atoms with E-state index in [1.807, 2.05) is 36.8 Å². The van der Waals surface area contributed by atoms with E-state index in [1.165, 1.54) is 11.1 Å². The lowest BCUT2D eigenvalue weighted by Crippen LogP contribution is -2.46. The molecule has 7 rings (SSSR count). The second kappa shape index (κ2) is 8.79. The molecule has 35 heavy (non-hydrogen) atoms. The van der Waals surface area contributed by atoms with Crippen LogP contribution in [0.1, 0.15) is 68.5 Å². The smallest absolute Gasteiger partial charge is 0.226 e. The molecule has 0 radical (unpaired) electrons. The number of benzene rings is 2. The lowest BCUT2D eigenvalue weighted by atomic mass is 9.62. The molecular formula is C29H32ClN3O2. The van der Waals surface area contributed by atoms with Crippen molar-refractivity contribution in [3.63, 3.8) is 0 Å². The first-order valence-corrected chi connectivity index (χ1v) is 13.2. The number of aliphatic hydroxyl groups excluding tert-OH is 1. The molecule has 1 amide bonds. The number of amides is 1. The molecule has 0 spiro atoms. The van der Waals surface area contributed by atoms with Gasteiger partial charge in [0.1, 0.15) is 0 Å². The van der Waals surface area contributed by atoms with E-state index >= 15 is 0 Å². The Balaban J connectivity index is 1.15. The number of hydrogen-bond donors (Lipinski definition) is 2. The molecule has 2 bridgehead atoms. The molecule has 2 aromatic carbocycles. The molecule has 182 valence electrons. The number of imidazole rings is 1. The van der Waals surface area contributed by atoms with Gasteiger partial charge < -0.3 is 15.0 Å². The van der Waals surface area contributed by atoms with Crippen molar-refractivity contribution < 1.29 is 9.90 Å². The average molecular weight is 490 g/mol. The second-order valence-electron chi connectivity index (χ2n) is 10.8. The molecule has 1 aliphatic heterocycles. The largest absolute Gasteiger partial charge is 0.392 e. The van der Waals surface area contributed by atoms with Gasteiger partial charge in [0.15, 0.2) is 0 Å². The van der Waals surface area contributed by atoms with E-state index in [0.29, 0.717) is 18.0 Å². The molecule has 2 N–H and O–H groups in total. The van der Waals surface area contributed by atoms with Gasteiger partial charge in [-0.2, -0.15) is 0 Å². The SMILES string of the molecule is O=C(NCc1ccc(Cl)cc1)C12CCCC(C(O)CC3c4ccccc4-c4cncn43)(CC1)CC2. The van der Waals surface area contributed by atoms with E-state index in [-0.39, 0.29) is 22.8 Å². The predicted octanol–water partition coefficient (Wildman–Crippen LogP) is 5.90. The Morgan fingerprint density at radius 1 is 1.09 bits per heavy atom. The van der Waals surface area contributed by atoms with E-state index in [9.17, 15) is 9.90 Å². The lowest BCUT2D eigenvalue weighted by molar-refractivity contribution is -0.135. The summed E-state index contributed by atoms with van der Waals surface area (Å²) in [4.78, 5) is 17.7. The molecule has 2 heterocycles. The summed E-state index contributed by atoms with van der Waals surface area (Å²) in [5, 5.41) is 15.6. The fourth-order valence-electron chi connectivity index (χ4n) is 6.95. The Hall–Kier alpha value is -2.63. The van der Waals surface area contributed by atoms with Crippen LogP contribution in [0.15, 0.2) is 61.1 Å². The van der Waals surface area contributed by atoms with Crippen molar-refractivity contribution in [3.8, 4) is 11.3 Å². The number of rotatable bonds is 6. The molecule has 3 aliphatic carbocycles. The third-order valence-electron chi connectivity index (χ3n) is 9.13. The zero-order valence-electron chi connectivity index (χ0n) is 19.9. The Morgan fingerprint density at radius 2 is 1.86 bits per heavy atom. The molecular weight excluding hydrogens is 458 g/mol. The fourth-order valence-corrected chi connectivity index (χ4v) is 7.08. The van der Waals surface area contributed by atoms with Crippen LogP contribution in [-0.4, -0.2) is 26.7 Å². The van der Waals surface area contributed by atoms with Crippen LogP contribution >= 0.6 is 11.6 Å².